The highest BCUT2D eigenvalue weighted by molar-refractivity contribution is 7.89. The largest absolute Gasteiger partial charge is 0.476 e. The van der Waals surface area contributed by atoms with Crippen LogP contribution in [0, 0.1) is 6.92 Å². The molecule has 9 nitrogen and oxygen atoms in total. The van der Waals surface area contributed by atoms with Crippen molar-refractivity contribution >= 4 is 16.0 Å². The van der Waals surface area contributed by atoms with E-state index in [2.05, 4.69) is 14.7 Å². The van der Waals surface area contributed by atoms with E-state index >= 15 is 0 Å². The molecule has 0 aliphatic carbocycles. The van der Waals surface area contributed by atoms with Crippen molar-refractivity contribution < 1.29 is 18.3 Å². The van der Waals surface area contributed by atoms with Crippen LogP contribution in [0.1, 0.15) is 16.3 Å². The minimum atomic E-state index is -3.67. The monoisotopic (exact) mass is 313 g/mol. The highest BCUT2D eigenvalue weighted by Crippen LogP contribution is 2.07. The number of imidazole rings is 2. The summed E-state index contributed by atoms with van der Waals surface area (Å²) in [5, 5.41) is 8.69. The van der Waals surface area contributed by atoms with E-state index in [0.29, 0.717) is 5.82 Å². The predicted molar refractivity (Wildman–Crippen MR) is 72.3 cm³/mol. The number of hydrogen-bond donors (Lipinski definition) is 2. The van der Waals surface area contributed by atoms with Crippen LogP contribution in [0.5, 0.6) is 0 Å². The minimum absolute atomic E-state index is 0.0423. The lowest BCUT2D eigenvalue weighted by Crippen LogP contribution is -2.27. The third kappa shape index (κ3) is 3.47. The van der Waals surface area contributed by atoms with Gasteiger partial charge in [0.25, 0.3) is 10.0 Å². The minimum Gasteiger partial charge on any atom is -0.476 e. The highest BCUT2D eigenvalue weighted by Gasteiger charge is 2.17. The second kappa shape index (κ2) is 5.66. The summed E-state index contributed by atoms with van der Waals surface area (Å²) in [4.78, 5) is 18.3. The van der Waals surface area contributed by atoms with Gasteiger partial charge in [-0.1, -0.05) is 0 Å². The molecule has 114 valence electrons. The molecule has 2 aromatic heterocycles. The van der Waals surface area contributed by atoms with Gasteiger partial charge in [-0.05, 0) is 6.92 Å². The Morgan fingerprint density at radius 3 is 2.67 bits per heavy atom. The second-order valence-electron chi connectivity index (χ2n) is 4.44. The summed E-state index contributed by atoms with van der Waals surface area (Å²) in [5.74, 6) is -0.533. The summed E-state index contributed by atoms with van der Waals surface area (Å²) in [6.07, 6.45) is 4.10. The maximum atomic E-state index is 12.0. The third-order valence-electron chi connectivity index (χ3n) is 2.88. The van der Waals surface area contributed by atoms with E-state index in [4.69, 9.17) is 5.11 Å². The van der Waals surface area contributed by atoms with Crippen LogP contribution in [-0.4, -0.2) is 45.1 Å². The lowest BCUT2D eigenvalue weighted by molar-refractivity contribution is 0.0691. The van der Waals surface area contributed by atoms with E-state index in [1.807, 2.05) is 0 Å². The van der Waals surface area contributed by atoms with E-state index in [9.17, 15) is 13.2 Å². The molecule has 2 heterocycles. The Morgan fingerprint density at radius 2 is 2.14 bits per heavy atom. The van der Waals surface area contributed by atoms with Gasteiger partial charge in [0.15, 0.2) is 10.7 Å². The van der Waals surface area contributed by atoms with E-state index in [-0.39, 0.29) is 23.8 Å². The zero-order valence-electron chi connectivity index (χ0n) is 11.5. The smallest absolute Gasteiger partial charge is 0.356 e. The molecule has 0 saturated heterocycles. The second-order valence-corrected chi connectivity index (χ2v) is 6.15. The van der Waals surface area contributed by atoms with Crippen molar-refractivity contribution in [3.63, 3.8) is 0 Å². The van der Waals surface area contributed by atoms with Crippen molar-refractivity contribution in [2.45, 2.75) is 18.5 Å². The van der Waals surface area contributed by atoms with Crippen molar-refractivity contribution in [1.29, 1.82) is 0 Å². The van der Waals surface area contributed by atoms with Crippen LogP contribution in [0.25, 0.3) is 0 Å². The van der Waals surface area contributed by atoms with Crippen LogP contribution >= 0.6 is 0 Å². The number of carboxylic acids is 1. The molecule has 0 fully saturated rings. The van der Waals surface area contributed by atoms with Crippen LogP contribution in [0.4, 0.5) is 0 Å². The van der Waals surface area contributed by atoms with Gasteiger partial charge < -0.3 is 14.2 Å². The number of aromatic nitrogens is 4. The molecule has 0 aliphatic rings. The Kier molecular flexibility index (Phi) is 4.09. The summed E-state index contributed by atoms with van der Waals surface area (Å²) in [6.45, 7) is 2.08. The number of nitrogens with zero attached hydrogens (tertiary/aromatic N) is 4. The van der Waals surface area contributed by atoms with E-state index in [1.165, 1.54) is 23.3 Å². The van der Waals surface area contributed by atoms with Gasteiger partial charge in [0.1, 0.15) is 5.82 Å². The van der Waals surface area contributed by atoms with Gasteiger partial charge in [-0.25, -0.2) is 27.9 Å². The molecule has 21 heavy (non-hydrogen) atoms. The molecule has 10 heteroatoms. The molecule has 0 spiro atoms. The lowest BCUT2D eigenvalue weighted by atomic mass is 10.5. The van der Waals surface area contributed by atoms with Crippen molar-refractivity contribution in [2.75, 3.05) is 6.54 Å². The number of hydrogen-bond acceptors (Lipinski definition) is 5. The Hall–Kier alpha value is -2.20. The molecule has 0 aliphatic heterocycles. The summed E-state index contributed by atoms with van der Waals surface area (Å²) in [6, 6.07) is 0. The summed E-state index contributed by atoms with van der Waals surface area (Å²) >= 11 is 0. The van der Waals surface area contributed by atoms with Gasteiger partial charge >= 0.3 is 5.97 Å². The van der Waals surface area contributed by atoms with Crippen LogP contribution in [0.15, 0.2) is 23.7 Å². The maximum Gasteiger partial charge on any atom is 0.356 e. The van der Waals surface area contributed by atoms with Gasteiger partial charge in [-0.15, -0.1) is 0 Å². The van der Waals surface area contributed by atoms with E-state index in [1.54, 1.807) is 18.5 Å². The highest BCUT2D eigenvalue weighted by atomic mass is 32.2. The maximum absolute atomic E-state index is 12.0. The van der Waals surface area contributed by atoms with Gasteiger partial charge in [0, 0.05) is 32.5 Å². The zero-order chi connectivity index (χ0) is 15.6. The topological polar surface area (TPSA) is 119 Å². The molecule has 0 amide bonds. The molecular formula is C11H15N5O4S. The third-order valence-corrected chi connectivity index (χ3v) is 4.21. The SMILES string of the molecule is Cc1nc(S(=O)(=O)NCCn2cnc(C(=O)O)c2)cn1C. The fourth-order valence-electron chi connectivity index (χ4n) is 1.63. The fraction of sp³-hybridized carbons (Fsp3) is 0.364. The molecule has 2 rings (SSSR count). The van der Waals surface area contributed by atoms with Crippen LogP contribution < -0.4 is 4.72 Å². The van der Waals surface area contributed by atoms with Gasteiger partial charge in [-0.3, -0.25) is 0 Å². The molecule has 0 atom stereocenters. The molecule has 0 bridgehead atoms. The van der Waals surface area contributed by atoms with Crippen molar-refractivity contribution in [2.24, 2.45) is 7.05 Å². The molecule has 0 saturated carbocycles. The quantitative estimate of drug-likeness (QED) is 0.749. The van der Waals surface area contributed by atoms with Crippen molar-refractivity contribution in [1.82, 2.24) is 23.8 Å². The number of nitrogens with one attached hydrogen (secondary N) is 1. The first-order chi connectivity index (χ1) is 9.79. The molecule has 0 unspecified atom stereocenters. The first-order valence-corrected chi connectivity index (χ1v) is 7.52. The summed E-state index contributed by atoms with van der Waals surface area (Å²) < 4.78 is 29.5. The Bertz CT molecular complexity index is 742. The number of aryl methyl sites for hydroxylation is 2. The number of rotatable bonds is 6. The number of carboxylic acid groups (broad SMARTS) is 1. The number of carbonyl (C=O) groups is 1. The van der Waals surface area contributed by atoms with Crippen LogP contribution in [-0.2, 0) is 23.6 Å². The van der Waals surface area contributed by atoms with E-state index in [0.717, 1.165) is 0 Å². The van der Waals surface area contributed by atoms with Gasteiger partial charge in [0.05, 0.1) is 6.33 Å². The van der Waals surface area contributed by atoms with Crippen LogP contribution in [0.2, 0.25) is 0 Å². The summed E-state index contributed by atoms with van der Waals surface area (Å²) in [7, 11) is -1.97. The zero-order valence-corrected chi connectivity index (χ0v) is 12.3. The molecule has 2 N–H and O–H groups in total. The standard InChI is InChI=1S/C11H15N5O4S/c1-8-14-10(6-15(8)2)21(19,20)13-3-4-16-5-9(11(17)18)12-7-16/h5-7,13H,3-4H2,1-2H3,(H,17,18). The van der Waals surface area contributed by atoms with Gasteiger partial charge in [0.2, 0.25) is 0 Å². The molecule has 2 aromatic rings. The number of sulfonamides is 1. The first-order valence-electron chi connectivity index (χ1n) is 6.04. The number of aromatic carboxylic acids is 1. The first kappa shape index (κ1) is 15.2. The van der Waals surface area contributed by atoms with Crippen molar-refractivity contribution in [3.8, 4) is 0 Å². The normalized spacial score (nSPS) is 11.7. The summed E-state index contributed by atoms with van der Waals surface area (Å²) in [5.41, 5.74) is -0.0850. The van der Waals surface area contributed by atoms with Crippen molar-refractivity contribution in [3.05, 3.63) is 30.2 Å². The van der Waals surface area contributed by atoms with Gasteiger partial charge in [-0.2, -0.15) is 0 Å². The molecule has 0 radical (unpaired) electrons. The Labute approximate surface area is 121 Å². The predicted octanol–water partition coefficient (Wildman–Crippen LogP) is -0.398. The lowest BCUT2D eigenvalue weighted by Gasteiger charge is -2.04. The average molecular weight is 313 g/mol. The van der Waals surface area contributed by atoms with E-state index < -0.39 is 16.0 Å². The molecular weight excluding hydrogens is 298 g/mol. The fourth-order valence-corrected chi connectivity index (χ4v) is 2.69. The average Bonchev–Trinajstić information content (AvgIpc) is 2.98. The Morgan fingerprint density at radius 1 is 1.43 bits per heavy atom. The Balaban J connectivity index is 1.97. The van der Waals surface area contributed by atoms with Crippen LogP contribution in [0.3, 0.4) is 0 Å². The molecule has 0 aromatic carbocycles.